The zero-order valence-corrected chi connectivity index (χ0v) is 12.3. The number of rotatable bonds is 5. The van der Waals surface area contributed by atoms with Crippen LogP contribution in [0.1, 0.15) is 19.4 Å². The molecule has 0 aromatic carbocycles. The largest absolute Gasteiger partial charge is 0.378 e. The predicted octanol–water partition coefficient (Wildman–Crippen LogP) is 2.56. The molecule has 0 radical (unpaired) electrons. The van der Waals surface area contributed by atoms with E-state index in [0.717, 1.165) is 5.56 Å². The number of hydrogen-bond acceptors (Lipinski definition) is 4. The monoisotopic (exact) mass is 292 g/mol. The van der Waals surface area contributed by atoms with Crippen LogP contribution in [0.2, 0.25) is 5.02 Å². The Morgan fingerprint density at radius 3 is 2.70 bits per heavy atom. The Hall–Kier alpha value is -1.88. The molecule has 2 rings (SSSR count). The topological polar surface area (TPSA) is 59.8 Å². The van der Waals surface area contributed by atoms with Crippen molar-refractivity contribution >= 4 is 17.3 Å². The average Bonchev–Trinajstić information content (AvgIpc) is 2.44. The van der Waals surface area contributed by atoms with Crippen molar-refractivity contribution in [1.29, 1.82) is 0 Å². The van der Waals surface area contributed by atoms with Gasteiger partial charge in [0.1, 0.15) is 5.02 Å². The zero-order valence-electron chi connectivity index (χ0n) is 11.5. The molecule has 0 saturated carbocycles. The third kappa shape index (κ3) is 3.57. The fourth-order valence-electron chi connectivity index (χ4n) is 1.76. The third-order valence-electron chi connectivity index (χ3n) is 2.76. The van der Waals surface area contributed by atoms with Gasteiger partial charge in [0.05, 0.1) is 11.9 Å². The van der Waals surface area contributed by atoms with Crippen molar-refractivity contribution in [3.05, 3.63) is 51.7 Å². The van der Waals surface area contributed by atoms with Gasteiger partial charge in [0, 0.05) is 25.5 Å². The predicted molar refractivity (Wildman–Crippen MR) is 79.9 cm³/mol. The third-order valence-corrected chi connectivity index (χ3v) is 3.12. The van der Waals surface area contributed by atoms with Gasteiger partial charge in [-0.15, -0.1) is 0 Å². The van der Waals surface area contributed by atoms with Crippen molar-refractivity contribution in [2.45, 2.75) is 26.9 Å². The molecule has 2 aromatic rings. The summed E-state index contributed by atoms with van der Waals surface area (Å²) in [6.45, 7) is 5.18. The molecule has 0 aliphatic heterocycles. The van der Waals surface area contributed by atoms with Crippen LogP contribution < -0.4 is 10.9 Å². The Morgan fingerprint density at radius 2 is 2.05 bits per heavy atom. The van der Waals surface area contributed by atoms with Gasteiger partial charge in [0.2, 0.25) is 0 Å². The van der Waals surface area contributed by atoms with Crippen LogP contribution in [0.3, 0.4) is 0 Å². The minimum atomic E-state index is -0.264. The maximum Gasteiger partial charge on any atom is 0.287 e. The van der Waals surface area contributed by atoms with Gasteiger partial charge in [0.15, 0.2) is 0 Å². The second kappa shape index (κ2) is 6.52. The van der Waals surface area contributed by atoms with E-state index in [4.69, 9.17) is 11.6 Å². The fourth-order valence-corrected chi connectivity index (χ4v) is 1.98. The van der Waals surface area contributed by atoms with Crippen molar-refractivity contribution in [3.8, 4) is 0 Å². The first-order valence-corrected chi connectivity index (χ1v) is 6.84. The fraction of sp³-hybridized carbons (Fsp3) is 0.357. The molecule has 0 aliphatic rings. The van der Waals surface area contributed by atoms with Gasteiger partial charge in [-0.2, -0.15) is 5.10 Å². The lowest BCUT2D eigenvalue weighted by Crippen LogP contribution is -2.26. The molecule has 0 aliphatic carbocycles. The number of nitrogens with one attached hydrogen (secondary N) is 1. The number of anilines is 1. The van der Waals surface area contributed by atoms with Crippen LogP contribution >= 0.6 is 11.6 Å². The van der Waals surface area contributed by atoms with Crippen LogP contribution in [-0.4, -0.2) is 14.8 Å². The van der Waals surface area contributed by atoms with E-state index < -0.39 is 0 Å². The number of pyridine rings is 1. The molecule has 0 saturated heterocycles. The van der Waals surface area contributed by atoms with Gasteiger partial charge in [-0.3, -0.25) is 9.78 Å². The normalized spacial score (nSPS) is 10.8. The average molecular weight is 293 g/mol. The van der Waals surface area contributed by atoms with Crippen LogP contribution in [0.5, 0.6) is 0 Å². The summed E-state index contributed by atoms with van der Waals surface area (Å²) in [6.07, 6.45) is 5.03. The molecule has 6 heteroatoms. The van der Waals surface area contributed by atoms with Crippen molar-refractivity contribution in [2.75, 3.05) is 5.32 Å². The maximum atomic E-state index is 12.1. The Balaban J connectivity index is 2.13. The van der Waals surface area contributed by atoms with E-state index in [-0.39, 0.29) is 10.6 Å². The number of halogens is 1. The molecular weight excluding hydrogens is 276 g/mol. The molecule has 0 unspecified atom stereocenters. The second-order valence-electron chi connectivity index (χ2n) is 4.96. The standard InChI is InChI=1S/C14H17ClN4O/c1-10(2)9-19-14(20)13(15)12(8-18-19)17-7-11-3-5-16-6-4-11/h3-6,8,10,17H,7,9H2,1-2H3. The molecule has 2 aromatic heterocycles. The summed E-state index contributed by atoms with van der Waals surface area (Å²) in [4.78, 5) is 16.0. The van der Waals surface area contributed by atoms with Crippen LogP contribution in [-0.2, 0) is 13.1 Å². The smallest absolute Gasteiger partial charge is 0.287 e. The van der Waals surface area contributed by atoms with Crippen LogP contribution in [0.4, 0.5) is 5.69 Å². The molecule has 0 fully saturated rings. The molecule has 2 heterocycles. The van der Waals surface area contributed by atoms with Crippen LogP contribution in [0, 0.1) is 5.92 Å². The van der Waals surface area contributed by atoms with Crippen molar-refractivity contribution in [1.82, 2.24) is 14.8 Å². The summed E-state index contributed by atoms with van der Waals surface area (Å²) >= 11 is 6.10. The van der Waals surface area contributed by atoms with Crippen LogP contribution in [0.15, 0.2) is 35.5 Å². The number of nitrogens with zero attached hydrogens (tertiary/aromatic N) is 3. The zero-order chi connectivity index (χ0) is 14.5. The summed E-state index contributed by atoms with van der Waals surface area (Å²) in [6, 6.07) is 3.79. The van der Waals surface area contributed by atoms with Gasteiger partial charge in [-0.05, 0) is 23.6 Å². The van der Waals surface area contributed by atoms with E-state index in [0.29, 0.717) is 24.7 Å². The van der Waals surface area contributed by atoms with Gasteiger partial charge >= 0.3 is 0 Å². The molecule has 106 valence electrons. The maximum absolute atomic E-state index is 12.1. The summed E-state index contributed by atoms with van der Waals surface area (Å²) in [7, 11) is 0. The Bertz CT molecular complexity index is 625. The first kappa shape index (κ1) is 14.5. The molecule has 20 heavy (non-hydrogen) atoms. The van der Waals surface area contributed by atoms with Gasteiger partial charge in [-0.25, -0.2) is 4.68 Å². The van der Waals surface area contributed by atoms with Crippen molar-refractivity contribution in [3.63, 3.8) is 0 Å². The molecule has 1 N–H and O–H groups in total. The molecular formula is C14H17ClN4O. The quantitative estimate of drug-likeness (QED) is 0.920. The van der Waals surface area contributed by atoms with E-state index >= 15 is 0 Å². The lowest BCUT2D eigenvalue weighted by atomic mass is 10.2. The first-order chi connectivity index (χ1) is 9.58. The van der Waals surface area contributed by atoms with Crippen molar-refractivity contribution < 1.29 is 0 Å². The molecule has 0 amide bonds. The highest BCUT2D eigenvalue weighted by atomic mass is 35.5. The van der Waals surface area contributed by atoms with Crippen LogP contribution in [0.25, 0.3) is 0 Å². The number of hydrogen-bond donors (Lipinski definition) is 1. The van der Waals surface area contributed by atoms with E-state index in [1.807, 2.05) is 26.0 Å². The summed E-state index contributed by atoms with van der Waals surface area (Å²) < 4.78 is 1.39. The summed E-state index contributed by atoms with van der Waals surface area (Å²) in [5, 5.41) is 7.43. The highest BCUT2D eigenvalue weighted by Crippen LogP contribution is 2.16. The Morgan fingerprint density at radius 1 is 1.35 bits per heavy atom. The molecule has 0 spiro atoms. The van der Waals surface area contributed by atoms with Gasteiger partial charge in [-0.1, -0.05) is 25.4 Å². The minimum Gasteiger partial charge on any atom is -0.378 e. The summed E-state index contributed by atoms with van der Waals surface area (Å²) in [5.74, 6) is 0.340. The first-order valence-electron chi connectivity index (χ1n) is 6.46. The van der Waals surface area contributed by atoms with Gasteiger partial charge in [0.25, 0.3) is 5.56 Å². The highest BCUT2D eigenvalue weighted by molar-refractivity contribution is 6.32. The molecule has 0 bridgehead atoms. The molecule has 5 nitrogen and oxygen atoms in total. The van der Waals surface area contributed by atoms with E-state index in [9.17, 15) is 4.79 Å². The van der Waals surface area contributed by atoms with Crippen molar-refractivity contribution in [2.24, 2.45) is 5.92 Å². The molecule has 0 atom stereocenters. The SMILES string of the molecule is CC(C)Cn1ncc(NCc2ccncc2)c(Cl)c1=O. The van der Waals surface area contributed by atoms with Gasteiger partial charge < -0.3 is 5.32 Å². The van der Waals surface area contributed by atoms with E-state index in [1.54, 1.807) is 18.6 Å². The second-order valence-corrected chi connectivity index (χ2v) is 5.34. The number of aromatic nitrogens is 3. The Kier molecular flexibility index (Phi) is 4.74. The van der Waals surface area contributed by atoms with E-state index in [2.05, 4.69) is 15.4 Å². The minimum absolute atomic E-state index is 0.176. The van der Waals surface area contributed by atoms with E-state index in [1.165, 1.54) is 4.68 Å². The Labute approximate surface area is 122 Å². The highest BCUT2D eigenvalue weighted by Gasteiger charge is 2.09. The lowest BCUT2D eigenvalue weighted by Gasteiger charge is -2.11. The lowest BCUT2D eigenvalue weighted by molar-refractivity contribution is 0.464. The summed E-state index contributed by atoms with van der Waals surface area (Å²) in [5.41, 5.74) is 1.34.